The first-order chi connectivity index (χ1) is 11.8. The molecule has 0 bridgehead atoms. The van der Waals surface area contributed by atoms with E-state index in [1.165, 1.54) is 10.6 Å². The zero-order valence-electron chi connectivity index (χ0n) is 15.3. The second-order valence-electron chi connectivity index (χ2n) is 6.99. The van der Waals surface area contributed by atoms with Gasteiger partial charge >= 0.3 is 0 Å². The van der Waals surface area contributed by atoms with Crippen molar-refractivity contribution in [3.05, 3.63) is 35.9 Å². The SMILES string of the molecule is CC(C)C(NC(=O)CN1CCCN(S(C)(=O)=O)CC1)c1ccccc1. The van der Waals surface area contributed by atoms with Crippen LogP contribution < -0.4 is 5.32 Å². The Balaban J connectivity index is 1.93. The highest BCUT2D eigenvalue weighted by atomic mass is 32.2. The number of nitrogens with one attached hydrogen (secondary N) is 1. The van der Waals surface area contributed by atoms with Crippen molar-refractivity contribution in [1.29, 1.82) is 0 Å². The van der Waals surface area contributed by atoms with Crippen LogP contribution in [0.25, 0.3) is 0 Å². The largest absolute Gasteiger partial charge is 0.348 e. The van der Waals surface area contributed by atoms with Gasteiger partial charge < -0.3 is 5.32 Å². The minimum atomic E-state index is -3.16. The van der Waals surface area contributed by atoms with Crippen molar-refractivity contribution in [2.75, 3.05) is 39.0 Å². The lowest BCUT2D eigenvalue weighted by molar-refractivity contribution is -0.123. The number of carbonyl (C=O) groups is 1. The van der Waals surface area contributed by atoms with E-state index in [0.29, 0.717) is 26.2 Å². The lowest BCUT2D eigenvalue weighted by Gasteiger charge is -2.25. The molecule has 1 heterocycles. The molecule has 1 fully saturated rings. The summed E-state index contributed by atoms with van der Waals surface area (Å²) >= 11 is 0. The first kappa shape index (κ1) is 19.9. The Kier molecular flexibility index (Phi) is 6.98. The van der Waals surface area contributed by atoms with Gasteiger partial charge in [0.05, 0.1) is 18.8 Å². The third-order valence-corrected chi connectivity index (χ3v) is 5.83. The van der Waals surface area contributed by atoms with Gasteiger partial charge in [0.15, 0.2) is 0 Å². The average Bonchev–Trinajstić information content (AvgIpc) is 2.78. The molecule has 1 saturated heterocycles. The van der Waals surface area contributed by atoms with Crippen LogP contribution in [0.2, 0.25) is 0 Å². The quantitative estimate of drug-likeness (QED) is 0.827. The zero-order chi connectivity index (χ0) is 18.4. The van der Waals surface area contributed by atoms with Gasteiger partial charge in [0.2, 0.25) is 15.9 Å². The molecule has 7 heteroatoms. The first-order valence-corrected chi connectivity index (χ1v) is 10.6. The van der Waals surface area contributed by atoms with E-state index in [2.05, 4.69) is 19.2 Å². The van der Waals surface area contributed by atoms with E-state index in [1.54, 1.807) is 0 Å². The fraction of sp³-hybridized carbons (Fsp3) is 0.611. The van der Waals surface area contributed by atoms with E-state index in [4.69, 9.17) is 0 Å². The highest BCUT2D eigenvalue weighted by Crippen LogP contribution is 2.21. The fourth-order valence-electron chi connectivity index (χ4n) is 3.15. The van der Waals surface area contributed by atoms with Crippen LogP contribution in [0.1, 0.15) is 31.9 Å². The molecule has 1 amide bonds. The number of hydrogen-bond acceptors (Lipinski definition) is 4. The van der Waals surface area contributed by atoms with Crippen molar-refractivity contribution in [2.24, 2.45) is 5.92 Å². The van der Waals surface area contributed by atoms with Crippen LogP contribution in [0.4, 0.5) is 0 Å². The van der Waals surface area contributed by atoms with E-state index in [-0.39, 0.29) is 17.9 Å². The van der Waals surface area contributed by atoms with Gasteiger partial charge in [0, 0.05) is 19.6 Å². The van der Waals surface area contributed by atoms with Crippen molar-refractivity contribution in [2.45, 2.75) is 26.3 Å². The van der Waals surface area contributed by atoms with Crippen molar-refractivity contribution < 1.29 is 13.2 Å². The third-order valence-electron chi connectivity index (χ3n) is 4.53. The summed E-state index contributed by atoms with van der Waals surface area (Å²) in [6, 6.07) is 9.96. The Bertz CT molecular complexity index is 661. The van der Waals surface area contributed by atoms with E-state index < -0.39 is 10.0 Å². The number of amides is 1. The van der Waals surface area contributed by atoms with Crippen LogP contribution in [0.3, 0.4) is 0 Å². The van der Waals surface area contributed by atoms with E-state index in [0.717, 1.165) is 18.5 Å². The van der Waals surface area contributed by atoms with Crippen LogP contribution in [0, 0.1) is 5.92 Å². The molecule has 6 nitrogen and oxygen atoms in total. The molecule has 1 aliphatic rings. The smallest absolute Gasteiger partial charge is 0.234 e. The summed E-state index contributed by atoms with van der Waals surface area (Å²) in [6.45, 7) is 6.76. The van der Waals surface area contributed by atoms with Crippen LogP contribution in [0.15, 0.2) is 30.3 Å². The topological polar surface area (TPSA) is 69.7 Å². The molecule has 0 saturated carbocycles. The second kappa shape index (κ2) is 8.78. The molecule has 0 aliphatic carbocycles. The van der Waals surface area contributed by atoms with Gasteiger partial charge in [-0.05, 0) is 24.4 Å². The molecule has 25 heavy (non-hydrogen) atoms. The molecular formula is C18H29N3O3S. The second-order valence-corrected chi connectivity index (χ2v) is 8.97. The van der Waals surface area contributed by atoms with E-state index in [1.807, 2.05) is 35.2 Å². The number of carbonyl (C=O) groups excluding carboxylic acids is 1. The van der Waals surface area contributed by atoms with Gasteiger partial charge in [-0.2, -0.15) is 0 Å². The Labute approximate surface area is 151 Å². The van der Waals surface area contributed by atoms with Crippen LogP contribution in [-0.4, -0.2) is 62.5 Å². The summed E-state index contributed by atoms with van der Waals surface area (Å²) in [5.41, 5.74) is 1.10. The maximum Gasteiger partial charge on any atom is 0.234 e. The third kappa shape index (κ3) is 6.09. The standard InChI is InChI=1S/C18H29N3O3S/c1-15(2)18(16-8-5-4-6-9-16)19-17(22)14-20-10-7-11-21(13-12-20)25(3,23)24/h4-6,8-9,15,18H,7,10-14H2,1-3H3,(H,19,22). The van der Waals surface area contributed by atoms with Crippen molar-refractivity contribution in [3.63, 3.8) is 0 Å². The predicted molar refractivity (Wildman–Crippen MR) is 99.6 cm³/mol. The molecular weight excluding hydrogens is 338 g/mol. The Morgan fingerprint density at radius 3 is 2.40 bits per heavy atom. The van der Waals surface area contributed by atoms with Crippen LogP contribution >= 0.6 is 0 Å². The lowest BCUT2D eigenvalue weighted by atomic mass is 9.96. The average molecular weight is 368 g/mol. The summed E-state index contributed by atoms with van der Waals surface area (Å²) < 4.78 is 24.8. The van der Waals surface area contributed by atoms with Gasteiger partial charge in [0.25, 0.3) is 0 Å². The summed E-state index contributed by atoms with van der Waals surface area (Å²) in [5.74, 6) is 0.270. The molecule has 1 unspecified atom stereocenters. The highest BCUT2D eigenvalue weighted by Gasteiger charge is 2.24. The fourth-order valence-corrected chi connectivity index (χ4v) is 4.03. The van der Waals surface area contributed by atoms with Gasteiger partial charge in [-0.1, -0.05) is 44.2 Å². The summed E-state index contributed by atoms with van der Waals surface area (Å²) in [4.78, 5) is 14.5. The molecule has 1 N–H and O–H groups in total. The van der Waals surface area contributed by atoms with Crippen molar-refractivity contribution >= 4 is 15.9 Å². The summed E-state index contributed by atoms with van der Waals surface area (Å²) in [6.07, 6.45) is 1.98. The summed E-state index contributed by atoms with van der Waals surface area (Å²) in [7, 11) is -3.16. The molecule has 0 radical (unpaired) electrons. The number of sulfonamides is 1. The van der Waals surface area contributed by atoms with Gasteiger partial charge in [-0.25, -0.2) is 12.7 Å². The van der Waals surface area contributed by atoms with Crippen LogP contribution in [0.5, 0.6) is 0 Å². The first-order valence-electron chi connectivity index (χ1n) is 8.79. The minimum absolute atomic E-state index is 0.0182. The monoisotopic (exact) mass is 367 g/mol. The molecule has 1 atom stereocenters. The maximum absolute atomic E-state index is 12.5. The number of hydrogen-bond donors (Lipinski definition) is 1. The Hall–Kier alpha value is -1.44. The van der Waals surface area contributed by atoms with Crippen molar-refractivity contribution in [1.82, 2.24) is 14.5 Å². The van der Waals surface area contributed by atoms with Gasteiger partial charge in [-0.3, -0.25) is 9.69 Å². The van der Waals surface area contributed by atoms with Gasteiger partial charge in [0.1, 0.15) is 0 Å². The van der Waals surface area contributed by atoms with E-state index in [9.17, 15) is 13.2 Å². The molecule has 0 spiro atoms. The molecule has 1 aliphatic heterocycles. The molecule has 140 valence electrons. The van der Waals surface area contributed by atoms with E-state index >= 15 is 0 Å². The maximum atomic E-state index is 12.5. The number of nitrogens with zero attached hydrogens (tertiary/aromatic N) is 2. The molecule has 0 aromatic heterocycles. The Morgan fingerprint density at radius 2 is 1.80 bits per heavy atom. The molecule has 1 aromatic rings. The lowest BCUT2D eigenvalue weighted by Crippen LogP contribution is -2.42. The normalized spacial score (nSPS) is 18.7. The number of rotatable bonds is 6. The molecule has 2 rings (SSSR count). The number of benzene rings is 1. The van der Waals surface area contributed by atoms with Crippen LogP contribution in [-0.2, 0) is 14.8 Å². The van der Waals surface area contributed by atoms with Crippen molar-refractivity contribution in [3.8, 4) is 0 Å². The summed E-state index contributed by atoms with van der Waals surface area (Å²) in [5, 5.41) is 3.13. The predicted octanol–water partition coefficient (Wildman–Crippen LogP) is 1.47. The zero-order valence-corrected chi connectivity index (χ0v) is 16.1. The van der Waals surface area contributed by atoms with Gasteiger partial charge in [-0.15, -0.1) is 0 Å². The highest BCUT2D eigenvalue weighted by molar-refractivity contribution is 7.88. The molecule has 1 aromatic carbocycles. The minimum Gasteiger partial charge on any atom is -0.348 e. The Morgan fingerprint density at radius 1 is 1.12 bits per heavy atom.